The van der Waals surface area contributed by atoms with Crippen LogP contribution in [0.2, 0.25) is 0 Å². The van der Waals surface area contributed by atoms with E-state index in [1.165, 1.54) is 0 Å². The van der Waals surface area contributed by atoms with Crippen molar-refractivity contribution in [3.63, 3.8) is 0 Å². The molecule has 5 unspecified atom stereocenters. The Morgan fingerprint density at radius 2 is 1.90 bits per heavy atom. The summed E-state index contributed by atoms with van der Waals surface area (Å²) in [5.74, 6) is -1.39. The van der Waals surface area contributed by atoms with Crippen molar-refractivity contribution >= 4 is 16.1 Å². The zero-order chi connectivity index (χ0) is 15.5. The van der Waals surface area contributed by atoms with Gasteiger partial charge in [0.25, 0.3) is 0 Å². The summed E-state index contributed by atoms with van der Waals surface area (Å²) in [4.78, 5) is 11.6. The van der Waals surface area contributed by atoms with Crippen LogP contribution in [-0.2, 0) is 19.6 Å². The Bertz CT molecular complexity index is 661. The second kappa shape index (κ2) is 3.27. The predicted molar refractivity (Wildman–Crippen MR) is 65.9 cm³/mol. The van der Waals surface area contributed by atoms with Gasteiger partial charge >= 0.3 is 21.3 Å². The van der Waals surface area contributed by atoms with Crippen LogP contribution in [0.15, 0.2) is 0 Å². The summed E-state index contributed by atoms with van der Waals surface area (Å²) in [5.41, 5.74) is -1.17. The normalized spacial score (nSPS) is 50.1. The number of alkyl halides is 2. The van der Waals surface area contributed by atoms with Crippen LogP contribution in [0.4, 0.5) is 8.78 Å². The lowest BCUT2D eigenvalue weighted by atomic mass is 9.30. The maximum Gasteiger partial charge on any atom is 0.465 e. The van der Waals surface area contributed by atoms with E-state index in [2.05, 4.69) is 6.92 Å². The highest BCUT2D eigenvalue weighted by Gasteiger charge is 2.87. The minimum atomic E-state index is -5.80. The molecule has 0 aromatic heterocycles. The molecule has 1 N–H and O–H groups in total. The molecule has 0 radical (unpaired) electrons. The minimum absolute atomic E-state index is 0.0203. The molecule has 0 saturated heterocycles. The molecule has 8 heteroatoms. The number of rotatable bonds is 3. The fourth-order valence-electron chi connectivity index (χ4n) is 6.30. The summed E-state index contributed by atoms with van der Waals surface area (Å²) < 4.78 is 61.8. The Labute approximate surface area is 120 Å². The molecule has 4 rings (SSSR count). The fraction of sp³-hybridized carbons (Fsp3) is 0.923. The molecular formula is C13H16F2O5S. The average molecular weight is 322 g/mol. The lowest BCUT2D eigenvalue weighted by Gasteiger charge is -2.76. The zero-order valence-electron chi connectivity index (χ0n) is 11.4. The lowest BCUT2D eigenvalue weighted by Crippen LogP contribution is -2.76. The van der Waals surface area contributed by atoms with Crippen molar-refractivity contribution in [1.29, 1.82) is 0 Å². The fourth-order valence-corrected chi connectivity index (χ4v) is 6.55. The molecule has 5 nitrogen and oxygen atoms in total. The number of carbonyl (C=O) groups excluding carboxylic acids is 1. The van der Waals surface area contributed by atoms with Crippen molar-refractivity contribution in [1.82, 2.24) is 0 Å². The van der Waals surface area contributed by atoms with Crippen LogP contribution in [0.25, 0.3) is 0 Å². The Balaban J connectivity index is 1.64. The number of hydrogen-bond acceptors (Lipinski definition) is 4. The van der Waals surface area contributed by atoms with E-state index in [4.69, 9.17) is 9.29 Å². The first kappa shape index (κ1) is 13.9. The first-order valence-corrected chi connectivity index (χ1v) is 8.50. The van der Waals surface area contributed by atoms with Gasteiger partial charge in [0, 0.05) is 5.41 Å². The van der Waals surface area contributed by atoms with Gasteiger partial charge in [-0.05, 0) is 49.4 Å². The van der Waals surface area contributed by atoms with E-state index in [-0.39, 0.29) is 10.8 Å². The summed E-state index contributed by atoms with van der Waals surface area (Å²) in [6.07, 6.45) is 3.99. The lowest BCUT2D eigenvalue weighted by molar-refractivity contribution is -0.330. The van der Waals surface area contributed by atoms with Gasteiger partial charge in [0.05, 0.1) is 0 Å². The van der Waals surface area contributed by atoms with Crippen LogP contribution in [-0.4, -0.2) is 29.8 Å². The molecule has 21 heavy (non-hydrogen) atoms. The van der Waals surface area contributed by atoms with Gasteiger partial charge in [-0.1, -0.05) is 6.92 Å². The van der Waals surface area contributed by atoms with Crippen LogP contribution in [0.5, 0.6) is 0 Å². The van der Waals surface area contributed by atoms with Gasteiger partial charge in [-0.2, -0.15) is 17.2 Å². The molecule has 0 aromatic rings. The third-order valence-corrected chi connectivity index (χ3v) is 7.49. The molecule has 4 fully saturated rings. The van der Waals surface area contributed by atoms with Gasteiger partial charge in [0.1, 0.15) is 5.60 Å². The quantitative estimate of drug-likeness (QED) is 0.635. The van der Waals surface area contributed by atoms with Crippen molar-refractivity contribution in [2.24, 2.45) is 22.7 Å². The summed E-state index contributed by atoms with van der Waals surface area (Å²) in [7, 11) is -5.80. The molecule has 0 aromatic carbocycles. The van der Waals surface area contributed by atoms with E-state index < -0.39 is 26.9 Å². The second-order valence-electron chi connectivity index (χ2n) is 7.49. The number of esters is 1. The molecule has 0 heterocycles. The third-order valence-electron chi connectivity index (χ3n) is 6.68. The van der Waals surface area contributed by atoms with Gasteiger partial charge in [0.2, 0.25) is 0 Å². The third kappa shape index (κ3) is 1.23. The maximum atomic E-state index is 13.4. The van der Waals surface area contributed by atoms with E-state index in [0.717, 1.165) is 19.3 Å². The van der Waals surface area contributed by atoms with Crippen molar-refractivity contribution in [3.05, 3.63) is 0 Å². The van der Waals surface area contributed by atoms with Crippen LogP contribution in [0.3, 0.4) is 0 Å². The molecule has 0 amide bonds. The highest BCUT2D eigenvalue weighted by Crippen LogP contribution is 2.88. The van der Waals surface area contributed by atoms with Gasteiger partial charge in [-0.3, -0.25) is 4.55 Å². The molecule has 4 saturated carbocycles. The number of hydrogen-bond donors (Lipinski definition) is 1. The monoisotopic (exact) mass is 322 g/mol. The molecular weight excluding hydrogens is 306 g/mol. The predicted octanol–water partition coefficient (Wildman–Crippen LogP) is 1.98. The summed E-state index contributed by atoms with van der Waals surface area (Å²) in [5, 5.41) is -4.90. The van der Waals surface area contributed by atoms with E-state index in [1.54, 1.807) is 0 Å². The van der Waals surface area contributed by atoms with Gasteiger partial charge < -0.3 is 4.74 Å². The first-order chi connectivity index (χ1) is 9.48. The number of carbonyl (C=O) groups is 1. The largest absolute Gasteiger partial charge is 0.465 e. The Morgan fingerprint density at radius 3 is 2.43 bits per heavy atom. The first-order valence-electron chi connectivity index (χ1n) is 7.06. The highest BCUT2D eigenvalue weighted by molar-refractivity contribution is 7.87. The van der Waals surface area contributed by atoms with Crippen LogP contribution in [0.1, 0.15) is 39.0 Å². The molecule has 2 bridgehead atoms. The molecule has 5 atom stereocenters. The Kier molecular flexibility index (Phi) is 2.16. The zero-order valence-corrected chi connectivity index (χ0v) is 12.3. The Morgan fingerprint density at radius 1 is 1.24 bits per heavy atom. The van der Waals surface area contributed by atoms with E-state index in [9.17, 15) is 22.0 Å². The van der Waals surface area contributed by atoms with Crippen molar-refractivity contribution in [3.8, 4) is 0 Å². The molecule has 1 spiro atoms. The highest BCUT2D eigenvalue weighted by atomic mass is 32.2. The molecule has 4 aliphatic rings. The minimum Gasteiger partial charge on any atom is -0.453 e. The number of fused-ring (bicyclic) bond motifs is 1. The van der Waals surface area contributed by atoms with Gasteiger partial charge in [-0.15, -0.1) is 0 Å². The van der Waals surface area contributed by atoms with Crippen LogP contribution in [0, 0.1) is 22.7 Å². The summed E-state index contributed by atoms with van der Waals surface area (Å²) >= 11 is 0. The maximum absolute atomic E-state index is 13.4. The molecule has 118 valence electrons. The number of halogens is 2. The topological polar surface area (TPSA) is 80.7 Å². The van der Waals surface area contributed by atoms with E-state index in [1.807, 2.05) is 0 Å². The Hall–Kier alpha value is -0.760. The smallest absolute Gasteiger partial charge is 0.453 e. The van der Waals surface area contributed by atoms with E-state index in [0.29, 0.717) is 24.7 Å². The summed E-state index contributed by atoms with van der Waals surface area (Å²) in [6.45, 7) is 2.10. The number of ether oxygens (including phenoxy) is 1. The van der Waals surface area contributed by atoms with Crippen molar-refractivity contribution in [2.75, 3.05) is 0 Å². The van der Waals surface area contributed by atoms with Crippen LogP contribution >= 0.6 is 0 Å². The van der Waals surface area contributed by atoms with E-state index >= 15 is 0 Å². The summed E-state index contributed by atoms with van der Waals surface area (Å²) in [6, 6.07) is 0. The van der Waals surface area contributed by atoms with Crippen LogP contribution < -0.4 is 0 Å². The standard InChI is InChI=1S/C13H16F2O5S/c1-10-2-7-3-11(6-8(5-10)12(10,11)4-7)20-9(16)13(14,15)21(17,18)19/h7-8H,2-6H2,1H3,(H,17,18,19). The SMILES string of the molecule is CC12CC3CC4(OC(=O)C(F)(F)S(=O)(=O)O)CC(C1)C24C3. The molecule has 4 aliphatic carbocycles. The average Bonchev–Trinajstić information content (AvgIpc) is 2.72. The van der Waals surface area contributed by atoms with Gasteiger partial charge in [-0.25, -0.2) is 4.79 Å². The van der Waals surface area contributed by atoms with Crippen molar-refractivity contribution in [2.45, 2.75) is 49.9 Å². The molecule has 0 aliphatic heterocycles. The van der Waals surface area contributed by atoms with Gasteiger partial charge in [0.15, 0.2) is 0 Å². The van der Waals surface area contributed by atoms with Crippen molar-refractivity contribution < 1.29 is 31.3 Å². The second-order valence-corrected chi connectivity index (χ2v) is 8.95.